The number of rotatable bonds is 3. The van der Waals surface area contributed by atoms with Crippen LogP contribution in [0.15, 0.2) is 48.8 Å². The molecule has 3 aromatic rings. The van der Waals surface area contributed by atoms with Gasteiger partial charge in [0.15, 0.2) is 5.82 Å². The number of halogens is 1. The highest BCUT2D eigenvalue weighted by atomic mass is 19.1. The molecule has 0 aliphatic carbocycles. The highest BCUT2D eigenvalue weighted by molar-refractivity contribution is 5.94. The Balaban J connectivity index is 1.76. The average Bonchev–Trinajstić information content (AvgIpc) is 3.15. The number of hydrogen-bond donors (Lipinski definition) is 0. The minimum atomic E-state index is -0.477. The molecule has 3 heterocycles. The van der Waals surface area contributed by atoms with E-state index in [1.165, 1.54) is 6.07 Å². The van der Waals surface area contributed by atoms with Crippen LogP contribution < -0.4 is 4.90 Å². The Labute approximate surface area is 158 Å². The Morgan fingerprint density at radius 1 is 1.19 bits per heavy atom. The topological polar surface area (TPSA) is 40.9 Å². The summed E-state index contributed by atoms with van der Waals surface area (Å²) in [6.45, 7) is 0.612. The van der Waals surface area contributed by atoms with Gasteiger partial charge in [-0.25, -0.2) is 9.37 Å². The minimum absolute atomic E-state index is 0.124. The molecular weight excluding hydrogens is 343 g/mol. The first kappa shape index (κ1) is 17.5. The maximum atomic E-state index is 14.2. The molecule has 0 radical (unpaired) electrons. The van der Waals surface area contributed by atoms with Crippen molar-refractivity contribution in [2.24, 2.45) is 0 Å². The van der Waals surface area contributed by atoms with Crippen molar-refractivity contribution < 1.29 is 9.18 Å². The van der Waals surface area contributed by atoms with E-state index in [0.717, 1.165) is 36.3 Å². The van der Waals surface area contributed by atoms with Crippen molar-refractivity contribution in [1.29, 1.82) is 0 Å². The molecule has 0 N–H and O–H groups in total. The molecule has 4 rings (SSSR count). The minimum Gasteiger partial charge on any atom is -0.361 e. The second-order valence-corrected chi connectivity index (χ2v) is 7.17. The van der Waals surface area contributed by atoms with Crippen LogP contribution in [0.1, 0.15) is 41.4 Å². The van der Waals surface area contributed by atoms with Gasteiger partial charge in [-0.15, -0.1) is 0 Å². The molecule has 140 valence electrons. The van der Waals surface area contributed by atoms with Gasteiger partial charge in [0.25, 0.3) is 5.91 Å². The number of fused-ring (bicyclic) bond motifs is 1. The Bertz CT molecular complexity index is 981. The predicted octanol–water partition coefficient (Wildman–Crippen LogP) is 3.91. The SMILES string of the molecule is CN(C)c1nc([C@H]2CCCCN2C(=O)c2ccccc2F)cn2cccc12. The highest BCUT2D eigenvalue weighted by Gasteiger charge is 2.31. The van der Waals surface area contributed by atoms with Crippen molar-refractivity contribution in [2.45, 2.75) is 25.3 Å². The predicted molar refractivity (Wildman–Crippen MR) is 104 cm³/mol. The van der Waals surface area contributed by atoms with Crippen LogP contribution in [0.25, 0.3) is 5.52 Å². The van der Waals surface area contributed by atoms with E-state index in [1.54, 1.807) is 23.1 Å². The standard InChI is InChI=1S/C21H23FN4O/c1-24(2)20-19-11-7-12-25(19)14-17(23-20)18-10-5-6-13-26(18)21(27)15-8-3-4-9-16(15)22/h3-4,7-9,11-12,14,18H,5-6,10,13H2,1-2H3/t18-/m1/s1. The number of piperidine rings is 1. The summed E-state index contributed by atoms with van der Waals surface area (Å²) in [5.74, 6) is 0.120. The normalized spacial score (nSPS) is 17.3. The molecule has 0 unspecified atom stereocenters. The number of amides is 1. The van der Waals surface area contributed by atoms with Crippen LogP contribution in [-0.2, 0) is 0 Å². The molecule has 6 heteroatoms. The van der Waals surface area contributed by atoms with Gasteiger partial charge in [-0.05, 0) is 43.5 Å². The van der Waals surface area contributed by atoms with Crippen molar-refractivity contribution in [3.05, 3.63) is 65.9 Å². The summed E-state index contributed by atoms with van der Waals surface area (Å²) in [7, 11) is 3.92. The lowest BCUT2D eigenvalue weighted by atomic mass is 9.98. The van der Waals surface area contributed by atoms with E-state index in [1.807, 2.05) is 47.9 Å². The zero-order valence-corrected chi connectivity index (χ0v) is 15.6. The van der Waals surface area contributed by atoms with Gasteiger partial charge in [-0.2, -0.15) is 0 Å². The van der Waals surface area contributed by atoms with Crippen LogP contribution in [0.3, 0.4) is 0 Å². The summed E-state index contributed by atoms with van der Waals surface area (Å²) in [6.07, 6.45) is 6.74. The monoisotopic (exact) mass is 366 g/mol. The maximum Gasteiger partial charge on any atom is 0.257 e. The van der Waals surface area contributed by atoms with E-state index in [2.05, 4.69) is 0 Å². The highest BCUT2D eigenvalue weighted by Crippen LogP contribution is 2.33. The molecule has 1 atom stereocenters. The van der Waals surface area contributed by atoms with Crippen molar-refractivity contribution in [2.75, 3.05) is 25.5 Å². The van der Waals surface area contributed by atoms with Crippen molar-refractivity contribution >= 4 is 17.2 Å². The molecular formula is C21H23FN4O. The molecule has 0 spiro atoms. The van der Waals surface area contributed by atoms with Gasteiger partial charge in [-0.1, -0.05) is 12.1 Å². The van der Waals surface area contributed by atoms with E-state index in [0.29, 0.717) is 6.54 Å². The summed E-state index contributed by atoms with van der Waals surface area (Å²) >= 11 is 0. The van der Waals surface area contributed by atoms with Crippen molar-refractivity contribution in [3.8, 4) is 0 Å². The zero-order valence-electron chi connectivity index (χ0n) is 15.6. The maximum absolute atomic E-state index is 14.2. The van der Waals surface area contributed by atoms with E-state index in [-0.39, 0.29) is 17.5 Å². The van der Waals surface area contributed by atoms with Crippen LogP contribution in [0.2, 0.25) is 0 Å². The van der Waals surface area contributed by atoms with Gasteiger partial charge in [-0.3, -0.25) is 4.79 Å². The fourth-order valence-electron chi connectivity index (χ4n) is 3.81. The molecule has 2 aromatic heterocycles. The van der Waals surface area contributed by atoms with Gasteiger partial charge in [0, 0.05) is 33.0 Å². The Hall–Kier alpha value is -2.89. The summed E-state index contributed by atoms with van der Waals surface area (Å²) < 4.78 is 16.2. The second kappa shape index (κ2) is 7.02. The smallest absolute Gasteiger partial charge is 0.257 e. The fraction of sp³-hybridized carbons (Fsp3) is 0.333. The van der Waals surface area contributed by atoms with E-state index < -0.39 is 5.82 Å². The Morgan fingerprint density at radius 2 is 2.00 bits per heavy atom. The van der Waals surface area contributed by atoms with Crippen LogP contribution in [-0.4, -0.2) is 40.8 Å². The number of hydrogen-bond acceptors (Lipinski definition) is 3. The number of anilines is 1. The van der Waals surface area contributed by atoms with Gasteiger partial charge >= 0.3 is 0 Å². The van der Waals surface area contributed by atoms with Gasteiger partial charge < -0.3 is 14.2 Å². The number of nitrogens with zero attached hydrogens (tertiary/aromatic N) is 4. The molecule has 1 fully saturated rings. The molecule has 0 saturated carbocycles. The number of benzene rings is 1. The first-order valence-electron chi connectivity index (χ1n) is 9.26. The summed E-state index contributed by atoms with van der Waals surface area (Å²) in [4.78, 5) is 21.7. The summed E-state index contributed by atoms with van der Waals surface area (Å²) in [5, 5.41) is 0. The molecule has 1 aliphatic rings. The third-order valence-electron chi connectivity index (χ3n) is 5.15. The largest absolute Gasteiger partial charge is 0.361 e. The first-order valence-corrected chi connectivity index (χ1v) is 9.26. The molecule has 1 aromatic carbocycles. The first-order chi connectivity index (χ1) is 13.1. The third kappa shape index (κ3) is 3.16. The van der Waals surface area contributed by atoms with E-state index in [4.69, 9.17) is 4.98 Å². The number of likely N-dealkylation sites (tertiary alicyclic amines) is 1. The molecule has 0 bridgehead atoms. The quantitative estimate of drug-likeness (QED) is 0.706. The number of carbonyl (C=O) groups excluding carboxylic acids is 1. The lowest BCUT2D eigenvalue weighted by Crippen LogP contribution is -2.39. The fourth-order valence-corrected chi connectivity index (χ4v) is 3.81. The lowest BCUT2D eigenvalue weighted by Gasteiger charge is -2.36. The van der Waals surface area contributed by atoms with Crippen molar-refractivity contribution in [1.82, 2.24) is 14.3 Å². The van der Waals surface area contributed by atoms with Crippen LogP contribution in [0.5, 0.6) is 0 Å². The molecule has 5 nitrogen and oxygen atoms in total. The third-order valence-corrected chi connectivity index (χ3v) is 5.15. The summed E-state index contributed by atoms with van der Waals surface area (Å²) in [6, 6.07) is 10.0. The van der Waals surface area contributed by atoms with Crippen LogP contribution in [0.4, 0.5) is 10.2 Å². The van der Waals surface area contributed by atoms with Gasteiger partial charge in [0.05, 0.1) is 22.8 Å². The summed E-state index contributed by atoms with van der Waals surface area (Å²) in [5.41, 5.74) is 1.98. The number of aromatic nitrogens is 2. The lowest BCUT2D eigenvalue weighted by molar-refractivity contribution is 0.0601. The molecule has 1 saturated heterocycles. The van der Waals surface area contributed by atoms with Gasteiger partial charge in [0.1, 0.15) is 5.82 Å². The second-order valence-electron chi connectivity index (χ2n) is 7.17. The average molecular weight is 366 g/mol. The molecule has 27 heavy (non-hydrogen) atoms. The van der Waals surface area contributed by atoms with E-state index in [9.17, 15) is 9.18 Å². The van der Waals surface area contributed by atoms with Crippen molar-refractivity contribution in [3.63, 3.8) is 0 Å². The van der Waals surface area contributed by atoms with Gasteiger partial charge in [0.2, 0.25) is 0 Å². The molecule has 1 aliphatic heterocycles. The zero-order chi connectivity index (χ0) is 19.0. The van der Waals surface area contributed by atoms with E-state index >= 15 is 0 Å². The Kier molecular flexibility index (Phi) is 4.56. The van der Waals surface area contributed by atoms with Crippen LogP contribution in [0, 0.1) is 5.82 Å². The molecule has 1 amide bonds. The number of carbonyl (C=O) groups is 1. The van der Waals surface area contributed by atoms with Crippen LogP contribution >= 0.6 is 0 Å². The Morgan fingerprint density at radius 3 is 2.78 bits per heavy atom.